The van der Waals surface area contributed by atoms with Gasteiger partial charge in [-0.25, -0.2) is 0 Å². The van der Waals surface area contributed by atoms with E-state index < -0.39 is 4.92 Å². The van der Waals surface area contributed by atoms with Gasteiger partial charge in [-0.1, -0.05) is 19.1 Å². The van der Waals surface area contributed by atoms with Crippen molar-refractivity contribution < 1.29 is 9.72 Å². The summed E-state index contributed by atoms with van der Waals surface area (Å²) in [4.78, 5) is 24.1. The van der Waals surface area contributed by atoms with Gasteiger partial charge in [-0.15, -0.1) is 12.4 Å². The van der Waals surface area contributed by atoms with Crippen LogP contribution < -0.4 is 5.73 Å². The van der Waals surface area contributed by atoms with Gasteiger partial charge in [0.25, 0.3) is 5.69 Å². The number of halogens is 1. The molecule has 1 fully saturated rings. The summed E-state index contributed by atoms with van der Waals surface area (Å²) >= 11 is 0. The number of rotatable bonds is 4. The first kappa shape index (κ1) is 17.4. The molecule has 21 heavy (non-hydrogen) atoms. The zero-order valence-electron chi connectivity index (χ0n) is 11.9. The number of nitrogens with two attached hydrogens (primary N) is 1. The van der Waals surface area contributed by atoms with Crippen LogP contribution in [0.1, 0.15) is 18.9 Å². The summed E-state index contributed by atoms with van der Waals surface area (Å²) in [7, 11) is 0. The third-order valence-corrected chi connectivity index (χ3v) is 3.91. The Labute approximate surface area is 129 Å². The number of benzene rings is 1. The Morgan fingerprint density at radius 3 is 2.52 bits per heavy atom. The molecule has 7 heteroatoms. The van der Waals surface area contributed by atoms with Crippen LogP contribution in [0.3, 0.4) is 0 Å². The standard InChI is InChI=1S/C14H19N3O3.ClH/c1-14(9-15)6-7-16(10-14)13(18)8-11-2-4-12(5-3-11)17(19)20;/h2-5H,6-10,15H2,1H3;1H. The van der Waals surface area contributed by atoms with E-state index >= 15 is 0 Å². The van der Waals surface area contributed by atoms with Gasteiger partial charge in [-0.3, -0.25) is 14.9 Å². The second kappa shape index (κ2) is 6.87. The highest BCUT2D eigenvalue weighted by Gasteiger charge is 2.34. The van der Waals surface area contributed by atoms with Crippen LogP contribution in [0.4, 0.5) is 5.69 Å². The van der Waals surface area contributed by atoms with E-state index in [1.165, 1.54) is 12.1 Å². The SMILES string of the molecule is CC1(CN)CCN(C(=O)Cc2ccc([N+](=O)[O-])cc2)C1.Cl. The molecule has 0 aromatic heterocycles. The van der Waals surface area contributed by atoms with Gasteiger partial charge in [-0.2, -0.15) is 0 Å². The number of nitro benzene ring substituents is 1. The first-order valence-corrected chi connectivity index (χ1v) is 6.65. The number of likely N-dealkylation sites (tertiary alicyclic amines) is 1. The van der Waals surface area contributed by atoms with Gasteiger partial charge in [0.1, 0.15) is 0 Å². The second-order valence-corrected chi connectivity index (χ2v) is 5.68. The summed E-state index contributed by atoms with van der Waals surface area (Å²) in [5, 5.41) is 10.6. The summed E-state index contributed by atoms with van der Waals surface area (Å²) in [5.74, 6) is 0.0519. The molecule has 2 N–H and O–H groups in total. The summed E-state index contributed by atoms with van der Waals surface area (Å²) in [6.45, 7) is 4.09. The van der Waals surface area contributed by atoms with E-state index in [0.29, 0.717) is 13.1 Å². The van der Waals surface area contributed by atoms with E-state index in [1.807, 2.05) is 4.90 Å². The number of nitrogens with zero attached hydrogens (tertiary/aromatic N) is 2. The maximum absolute atomic E-state index is 12.2. The molecule has 0 aliphatic carbocycles. The molecular weight excluding hydrogens is 294 g/mol. The lowest BCUT2D eigenvalue weighted by Gasteiger charge is -2.22. The molecule has 1 aromatic carbocycles. The molecule has 1 aliphatic heterocycles. The van der Waals surface area contributed by atoms with Crippen LogP contribution in [0.5, 0.6) is 0 Å². The minimum Gasteiger partial charge on any atom is -0.342 e. The van der Waals surface area contributed by atoms with Crippen molar-refractivity contribution in [3.8, 4) is 0 Å². The number of hydrogen-bond acceptors (Lipinski definition) is 4. The topological polar surface area (TPSA) is 89.5 Å². The monoisotopic (exact) mass is 313 g/mol. The Bertz CT molecular complexity index is 521. The van der Waals surface area contributed by atoms with Gasteiger partial charge < -0.3 is 10.6 Å². The smallest absolute Gasteiger partial charge is 0.269 e. The predicted molar refractivity (Wildman–Crippen MR) is 82.4 cm³/mol. The zero-order chi connectivity index (χ0) is 14.8. The van der Waals surface area contributed by atoms with Crippen LogP contribution >= 0.6 is 12.4 Å². The fourth-order valence-electron chi connectivity index (χ4n) is 2.43. The Balaban J connectivity index is 0.00000220. The normalized spacial score (nSPS) is 21.0. The Morgan fingerprint density at radius 1 is 1.43 bits per heavy atom. The molecule has 1 unspecified atom stereocenters. The van der Waals surface area contributed by atoms with Gasteiger partial charge in [0.15, 0.2) is 0 Å². The van der Waals surface area contributed by atoms with Crippen LogP contribution in [0.2, 0.25) is 0 Å². The van der Waals surface area contributed by atoms with E-state index in [2.05, 4.69) is 6.92 Å². The van der Waals surface area contributed by atoms with Crippen LogP contribution in [0, 0.1) is 15.5 Å². The van der Waals surface area contributed by atoms with Crippen molar-refractivity contribution in [2.45, 2.75) is 19.8 Å². The van der Waals surface area contributed by atoms with Crippen LogP contribution in [-0.4, -0.2) is 35.4 Å². The van der Waals surface area contributed by atoms with Crippen molar-refractivity contribution in [2.24, 2.45) is 11.1 Å². The largest absolute Gasteiger partial charge is 0.342 e. The van der Waals surface area contributed by atoms with Gasteiger partial charge in [0, 0.05) is 25.2 Å². The third kappa shape index (κ3) is 4.15. The summed E-state index contributed by atoms with van der Waals surface area (Å²) in [6, 6.07) is 6.12. The lowest BCUT2D eigenvalue weighted by atomic mass is 9.90. The minimum absolute atomic E-state index is 0. The molecule has 0 saturated carbocycles. The summed E-state index contributed by atoms with van der Waals surface area (Å²) in [5.41, 5.74) is 6.58. The van der Waals surface area contributed by atoms with Crippen molar-refractivity contribution in [3.63, 3.8) is 0 Å². The highest BCUT2D eigenvalue weighted by molar-refractivity contribution is 5.85. The van der Waals surface area contributed by atoms with E-state index in [4.69, 9.17) is 5.73 Å². The summed E-state index contributed by atoms with van der Waals surface area (Å²) in [6.07, 6.45) is 1.20. The van der Waals surface area contributed by atoms with Crippen LogP contribution in [0.15, 0.2) is 24.3 Å². The lowest BCUT2D eigenvalue weighted by molar-refractivity contribution is -0.384. The van der Waals surface area contributed by atoms with Crippen molar-refractivity contribution >= 4 is 24.0 Å². The lowest BCUT2D eigenvalue weighted by Crippen LogP contribution is -2.35. The number of nitro groups is 1. The fraction of sp³-hybridized carbons (Fsp3) is 0.500. The molecule has 1 aliphatic rings. The van der Waals surface area contributed by atoms with Gasteiger partial charge in [0.2, 0.25) is 5.91 Å². The quantitative estimate of drug-likeness (QED) is 0.677. The van der Waals surface area contributed by atoms with Crippen molar-refractivity contribution in [2.75, 3.05) is 19.6 Å². The first-order valence-electron chi connectivity index (χ1n) is 6.65. The van der Waals surface area contributed by atoms with Gasteiger partial charge >= 0.3 is 0 Å². The van der Waals surface area contributed by atoms with Crippen LogP contribution in [-0.2, 0) is 11.2 Å². The molecular formula is C14H20ClN3O3. The second-order valence-electron chi connectivity index (χ2n) is 5.68. The van der Waals surface area contributed by atoms with Crippen molar-refractivity contribution in [3.05, 3.63) is 39.9 Å². The summed E-state index contributed by atoms with van der Waals surface area (Å²) < 4.78 is 0. The molecule has 2 rings (SSSR count). The Morgan fingerprint density at radius 2 is 2.05 bits per heavy atom. The van der Waals surface area contributed by atoms with Crippen molar-refractivity contribution in [1.29, 1.82) is 0 Å². The highest BCUT2D eigenvalue weighted by atomic mass is 35.5. The molecule has 1 amide bonds. The minimum atomic E-state index is -0.446. The molecule has 1 atom stereocenters. The maximum atomic E-state index is 12.2. The third-order valence-electron chi connectivity index (χ3n) is 3.91. The molecule has 1 saturated heterocycles. The average Bonchev–Trinajstić information content (AvgIpc) is 2.83. The van der Waals surface area contributed by atoms with Gasteiger partial charge in [0.05, 0.1) is 11.3 Å². The van der Waals surface area contributed by atoms with E-state index in [9.17, 15) is 14.9 Å². The number of hydrogen-bond donors (Lipinski definition) is 1. The number of amides is 1. The van der Waals surface area contributed by atoms with E-state index in [-0.39, 0.29) is 35.8 Å². The molecule has 1 heterocycles. The predicted octanol–water partition coefficient (Wildman–Crippen LogP) is 1.76. The molecule has 0 radical (unpaired) electrons. The fourth-order valence-corrected chi connectivity index (χ4v) is 2.43. The molecule has 1 aromatic rings. The maximum Gasteiger partial charge on any atom is 0.269 e. The van der Waals surface area contributed by atoms with E-state index in [0.717, 1.165) is 18.5 Å². The number of carbonyl (C=O) groups is 1. The number of non-ortho nitro benzene ring substituents is 1. The Hall–Kier alpha value is -1.66. The molecule has 0 spiro atoms. The molecule has 116 valence electrons. The highest BCUT2D eigenvalue weighted by Crippen LogP contribution is 2.28. The van der Waals surface area contributed by atoms with Crippen LogP contribution in [0.25, 0.3) is 0 Å². The van der Waals surface area contributed by atoms with Gasteiger partial charge in [-0.05, 0) is 23.9 Å². The first-order chi connectivity index (χ1) is 9.43. The number of carbonyl (C=O) groups excluding carboxylic acids is 1. The van der Waals surface area contributed by atoms with Crippen molar-refractivity contribution in [1.82, 2.24) is 4.90 Å². The molecule has 0 bridgehead atoms. The Kier molecular flexibility index (Phi) is 5.69. The molecule has 6 nitrogen and oxygen atoms in total. The van der Waals surface area contributed by atoms with E-state index in [1.54, 1.807) is 12.1 Å². The zero-order valence-corrected chi connectivity index (χ0v) is 12.8. The average molecular weight is 314 g/mol.